The van der Waals surface area contributed by atoms with Crippen molar-refractivity contribution in [2.24, 2.45) is 5.10 Å². The molecule has 0 fully saturated rings. The third kappa shape index (κ3) is 5.55. The van der Waals surface area contributed by atoms with Crippen molar-refractivity contribution in [3.05, 3.63) is 55.6 Å². The van der Waals surface area contributed by atoms with Gasteiger partial charge in [-0.15, -0.1) is 0 Å². The average Bonchev–Trinajstić information content (AvgIpc) is 2.68. The number of hydrogen-bond donors (Lipinski definition) is 3. The van der Waals surface area contributed by atoms with Crippen LogP contribution in [0.3, 0.4) is 0 Å². The Morgan fingerprint density at radius 2 is 2.07 bits per heavy atom. The minimum atomic E-state index is -0.615. The number of nitrogens with zero attached hydrogens (tertiary/aromatic N) is 2. The van der Waals surface area contributed by atoms with Crippen molar-refractivity contribution < 1.29 is 19.6 Å². The molecule has 0 heterocycles. The van der Waals surface area contributed by atoms with Gasteiger partial charge >= 0.3 is 0 Å². The predicted molar refractivity (Wildman–Crippen MR) is 114 cm³/mol. The first-order valence-corrected chi connectivity index (χ1v) is 9.34. The molecular formula is C18H19IN4O5. The van der Waals surface area contributed by atoms with Crippen LogP contribution in [-0.2, 0) is 4.79 Å². The van der Waals surface area contributed by atoms with Gasteiger partial charge in [-0.25, -0.2) is 5.43 Å². The molecule has 2 aromatic carbocycles. The van der Waals surface area contributed by atoms with Gasteiger partial charge in [0.1, 0.15) is 6.04 Å². The topological polar surface area (TPSA) is 126 Å². The van der Waals surface area contributed by atoms with E-state index in [1.807, 2.05) is 31.2 Å². The molecule has 1 atom stereocenters. The minimum Gasteiger partial charge on any atom is -0.504 e. The summed E-state index contributed by atoms with van der Waals surface area (Å²) in [6, 6.07) is 9.29. The van der Waals surface area contributed by atoms with Crippen LogP contribution in [0.15, 0.2) is 41.5 Å². The molecule has 0 saturated carbocycles. The number of nitrogens with one attached hydrogen (secondary N) is 2. The summed E-state index contributed by atoms with van der Waals surface area (Å²) in [5.41, 5.74) is 2.95. The van der Waals surface area contributed by atoms with Crippen LogP contribution in [0.2, 0.25) is 0 Å². The maximum atomic E-state index is 12.3. The number of non-ortho nitro benzene ring substituents is 1. The quantitative estimate of drug-likeness (QED) is 0.222. The number of aromatic hydroxyl groups is 1. The number of benzene rings is 2. The second kappa shape index (κ2) is 9.88. The first kappa shape index (κ1) is 21.4. The van der Waals surface area contributed by atoms with E-state index in [1.54, 1.807) is 0 Å². The Morgan fingerprint density at radius 1 is 1.39 bits per heavy atom. The Kier molecular flexibility index (Phi) is 7.55. The Bertz CT molecular complexity index is 886. The highest BCUT2D eigenvalue weighted by atomic mass is 127. The zero-order valence-corrected chi connectivity index (χ0v) is 17.3. The van der Waals surface area contributed by atoms with Crippen molar-refractivity contribution in [2.75, 3.05) is 12.4 Å². The smallest absolute Gasteiger partial charge is 0.274 e. The van der Waals surface area contributed by atoms with Gasteiger partial charge in [-0.3, -0.25) is 14.9 Å². The molecule has 2 aromatic rings. The van der Waals surface area contributed by atoms with E-state index < -0.39 is 11.0 Å². The summed E-state index contributed by atoms with van der Waals surface area (Å²) < 4.78 is 6.00. The fourth-order valence-corrected chi connectivity index (χ4v) is 2.68. The second-order valence-corrected chi connectivity index (χ2v) is 6.93. The Balaban J connectivity index is 2.10. The number of phenols is 1. The first-order valence-electron chi connectivity index (χ1n) is 8.26. The van der Waals surface area contributed by atoms with Gasteiger partial charge in [-0.1, -0.05) is 6.92 Å². The fraction of sp³-hybridized carbons (Fsp3) is 0.222. The fourth-order valence-electron chi connectivity index (χ4n) is 2.32. The summed E-state index contributed by atoms with van der Waals surface area (Å²) >= 11 is 2.19. The first-order chi connectivity index (χ1) is 13.3. The van der Waals surface area contributed by atoms with E-state index >= 15 is 0 Å². The Labute approximate surface area is 175 Å². The van der Waals surface area contributed by atoms with Gasteiger partial charge in [0.25, 0.3) is 11.6 Å². The van der Waals surface area contributed by atoms with Crippen molar-refractivity contribution >= 4 is 46.1 Å². The van der Waals surface area contributed by atoms with Crippen LogP contribution in [0, 0.1) is 13.7 Å². The molecule has 1 amide bonds. The number of hydrazone groups is 1. The van der Waals surface area contributed by atoms with Gasteiger partial charge in [0.15, 0.2) is 11.5 Å². The van der Waals surface area contributed by atoms with Gasteiger partial charge < -0.3 is 15.2 Å². The van der Waals surface area contributed by atoms with Gasteiger partial charge in [-0.2, -0.15) is 5.10 Å². The summed E-state index contributed by atoms with van der Waals surface area (Å²) in [4.78, 5) is 22.7. The van der Waals surface area contributed by atoms with Crippen molar-refractivity contribution in [2.45, 2.75) is 19.4 Å². The molecule has 0 aliphatic carbocycles. The van der Waals surface area contributed by atoms with Crippen LogP contribution in [0.1, 0.15) is 18.9 Å². The molecule has 0 bridgehead atoms. The summed E-state index contributed by atoms with van der Waals surface area (Å²) in [5, 5.41) is 28.0. The van der Waals surface area contributed by atoms with E-state index in [1.165, 1.54) is 7.11 Å². The van der Waals surface area contributed by atoms with Crippen LogP contribution < -0.4 is 15.5 Å². The predicted octanol–water partition coefficient (Wildman–Crippen LogP) is 3.25. The normalized spacial score (nSPS) is 11.8. The molecule has 0 aromatic heterocycles. The number of methoxy groups -OCH3 is 1. The van der Waals surface area contributed by atoms with E-state index in [2.05, 4.69) is 38.4 Å². The zero-order valence-electron chi connectivity index (χ0n) is 15.2. The lowest BCUT2D eigenvalue weighted by Gasteiger charge is -2.16. The summed E-state index contributed by atoms with van der Waals surface area (Å²) in [7, 11) is 1.28. The monoisotopic (exact) mass is 498 g/mol. The maximum absolute atomic E-state index is 12.3. The second-order valence-electron chi connectivity index (χ2n) is 5.69. The molecule has 0 aliphatic rings. The standard InChI is InChI=1S/C18H19IN4O5/c1-3-15(21-13-6-4-12(19)5-7-13)18(25)22-20-10-11-8-14(23(26)27)9-16(28-2)17(11)24/h4-10,15,21,24H,3H2,1-2H3,(H,22,25)/b20-10-/t15-/m0/s1. The number of ether oxygens (including phenoxy) is 1. The summed E-state index contributed by atoms with van der Waals surface area (Å²) in [5.74, 6) is -0.752. The van der Waals surface area contributed by atoms with Crippen molar-refractivity contribution in [3.8, 4) is 11.5 Å². The van der Waals surface area contributed by atoms with Crippen LogP contribution in [-0.4, -0.2) is 35.3 Å². The average molecular weight is 498 g/mol. The number of nitro groups is 1. The molecule has 0 unspecified atom stereocenters. The number of carbonyl (C=O) groups excluding carboxylic acids is 1. The Hall–Kier alpha value is -2.89. The lowest BCUT2D eigenvalue weighted by atomic mass is 10.1. The lowest BCUT2D eigenvalue weighted by Crippen LogP contribution is -2.36. The van der Waals surface area contributed by atoms with Gasteiger partial charge in [0.2, 0.25) is 0 Å². The minimum absolute atomic E-state index is 0.0463. The van der Waals surface area contributed by atoms with Crippen LogP contribution in [0.4, 0.5) is 11.4 Å². The van der Waals surface area contributed by atoms with E-state index in [4.69, 9.17) is 4.74 Å². The highest BCUT2D eigenvalue weighted by molar-refractivity contribution is 14.1. The number of nitro benzene ring substituents is 1. The number of carbonyl (C=O) groups is 1. The highest BCUT2D eigenvalue weighted by Crippen LogP contribution is 2.33. The van der Waals surface area contributed by atoms with Crippen molar-refractivity contribution in [3.63, 3.8) is 0 Å². The maximum Gasteiger partial charge on any atom is 0.274 e. The molecule has 148 valence electrons. The third-order valence-electron chi connectivity index (χ3n) is 3.81. The molecule has 0 spiro atoms. The van der Waals surface area contributed by atoms with Crippen molar-refractivity contribution in [1.82, 2.24) is 5.43 Å². The molecule has 10 heteroatoms. The van der Waals surface area contributed by atoms with Crippen LogP contribution in [0.25, 0.3) is 0 Å². The van der Waals surface area contributed by atoms with E-state index in [0.717, 1.165) is 27.6 Å². The molecule has 0 aliphatic heterocycles. The summed E-state index contributed by atoms with van der Waals surface area (Å²) in [6.45, 7) is 1.85. The van der Waals surface area contributed by atoms with Gasteiger partial charge in [0.05, 0.1) is 24.3 Å². The number of anilines is 1. The molecule has 3 N–H and O–H groups in total. The zero-order chi connectivity index (χ0) is 20.7. The number of rotatable bonds is 8. The molecule has 0 radical (unpaired) electrons. The number of amides is 1. The van der Waals surface area contributed by atoms with E-state index in [-0.39, 0.29) is 28.7 Å². The SMILES string of the molecule is CC[C@H](Nc1ccc(I)cc1)C(=O)N/N=C\c1cc([N+](=O)[O-])cc(OC)c1O. The van der Waals surface area contributed by atoms with Gasteiger partial charge in [0, 0.05) is 20.9 Å². The lowest BCUT2D eigenvalue weighted by molar-refractivity contribution is -0.385. The molecule has 2 rings (SSSR count). The summed E-state index contributed by atoms with van der Waals surface area (Å²) in [6.07, 6.45) is 1.64. The van der Waals surface area contributed by atoms with Crippen molar-refractivity contribution in [1.29, 1.82) is 0 Å². The molecular weight excluding hydrogens is 479 g/mol. The number of hydrogen-bond acceptors (Lipinski definition) is 7. The van der Waals surface area contributed by atoms with Crippen LogP contribution in [0.5, 0.6) is 11.5 Å². The molecule has 0 saturated heterocycles. The van der Waals surface area contributed by atoms with E-state index in [0.29, 0.717) is 6.42 Å². The molecule has 28 heavy (non-hydrogen) atoms. The molecule has 9 nitrogen and oxygen atoms in total. The third-order valence-corrected chi connectivity index (χ3v) is 4.53. The Morgan fingerprint density at radius 3 is 2.64 bits per heavy atom. The van der Waals surface area contributed by atoms with Gasteiger partial charge in [-0.05, 0) is 53.3 Å². The largest absolute Gasteiger partial charge is 0.504 e. The van der Waals surface area contributed by atoms with E-state index in [9.17, 15) is 20.0 Å². The van der Waals surface area contributed by atoms with Crippen LogP contribution >= 0.6 is 22.6 Å². The number of phenolic OH excluding ortho intramolecular Hbond substituents is 1. The number of halogens is 1. The highest BCUT2D eigenvalue weighted by Gasteiger charge is 2.17.